The van der Waals surface area contributed by atoms with E-state index in [0.717, 1.165) is 21.5 Å². The van der Waals surface area contributed by atoms with Gasteiger partial charge in [0.25, 0.3) is 0 Å². The van der Waals surface area contributed by atoms with E-state index in [1.54, 1.807) is 0 Å². The fourth-order valence-corrected chi connectivity index (χ4v) is 4.32. The molecule has 0 unspecified atom stereocenters. The molecule has 0 aliphatic carbocycles. The Labute approximate surface area is 169 Å². The third kappa shape index (κ3) is 3.72. The smallest absolute Gasteiger partial charge is 0.240 e. The van der Waals surface area contributed by atoms with Gasteiger partial charge in [0, 0.05) is 10.2 Å². The number of nitrogens with one attached hydrogen (secondary N) is 2. The molecule has 138 valence electrons. The largest absolute Gasteiger partial charge is 0.325 e. The number of thioether (sulfide) groups is 1. The van der Waals surface area contributed by atoms with Gasteiger partial charge in [-0.2, -0.15) is 0 Å². The summed E-state index contributed by atoms with van der Waals surface area (Å²) in [6.07, 6.45) is 0. The zero-order chi connectivity index (χ0) is 19.0. The number of amides is 1. The van der Waals surface area contributed by atoms with E-state index in [0.29, 0.717) is 5.16 Å². The van der Waals surface area contributed by atoms with Crippen LogP contribution >= 0.6 is 27.7 Å². The number of anilines is 1. The maximum absolute atomic E-state index is 13.1. The highest BCUT2D eigenvalue weighted by Gasteiger charge is 2.37. The Morgan fingerprint density at radius 3 is 2.52 bits per heavy atom. The number of nitrogens with zero attached hydrogens (tertiary/aromatic N) is 3. The van der Waals surface area contributed by atoms with Gasteiger partial charge in [0.15, 0.2) is 0 Å². The van der Waals surface area contributed by atoms with Crippen molar-refractivity contribution in [3.8, 4) is 0 Å². The van der Waals surface area contributed by atoms with Crippen LogP contribution in [0.25, 0.3) is 0 Å². The monoisotopic (exact) mass is 443 g/mol. The van der Waals surface area contributed by atoms with E-state index < -0.39 is 0 Å². The molecule has 0 radical (unpaired) electrons. The number of rotatable bonds is 3. The van der Waals surface area contributed by atoms with Crippen LogP contribution in [0, 0.1) is 13.8 Å². The molecule has 0 saturated heterocycles. The number of hydrogen-bond acceptors (Lipinski definition) is 5. The van der Waals surface area contributed by atoms with Crippen molar-refractivity contribution in [2.45, 2.75) is 30.3 Å². The molecule has 27 heavy (non-hydrogen) atoms. The molecule has 1 aromatic heterocycles. The molecule has 2 N–H and O–H groups in total. The summed E-state index contributed by atoms with van der Waals surface area (Å²) in [5.74, 6) is 0.689. The summed E-state index contributed by atoms with van der Waals surface area (Å²) in [5.41, 5.74) is 6.39. The van der Waals surface area contributed by atoms with E-state index in [9.17, 15) is 4.79 Å². The lowest BCUT2D eigenvalue weighted by Gasteiger charge is -2.32. The number of hydrogen-bond donors (Lipinski definition) is 2. The molecule has 0 saturated carbocycles. The summed E-state index contributed by atoms with van der Waals surface area (Å²) in [6, 6.07) is 15.6. The van der Waals surface area contributed by atoms with Crippen LogP contribution < -0.4 is 10.7 Å². The third-order valence-electron chi connectivity index (χ3n) is 4.41. The minimum Gasteiger partial charge on any atom is -0.325 e. The highest BCUT2D eigenvalue weighted by atomic mass is 79.9. The van der Waals surface area contributed by atoms with Crippen LogP contribution in [0.4, 0.5) is 5.69 Å². The summed E-state index contributed by atoms with van der Waals surface area (Å²) >= 11 is 4.83. The summed E-state index contributed by atoms with van der Waals surface area (Å²) in [7, 11) is 0. The predicted octanol–water partition coefficient (Wildman–Crippen LogP) is 4.06. The molecule has 6 nitrogen and oxygen atoms in total. The molecule has 1 amide bonds. The van der Waals surface area contributed by atoms with Crippen molar-refractivity contribution in [2.24, 2.45) is 0 Å². The molecular formula is C19H18BrN5OS. The minimum atomic E-state index is -0.382. The molecule has 2 aromatic carbocycles. The van der Waals surface area contributed by atoms with E-state index in [2.05, 4.69) is 61.1 Å². The Morgan fingerprint density at radius 1 is 1.11 bits per heavy atom. The molecule has 0 fully saturated rings. The lowest BCUT2D eigenvalue weighted by Crippen LogP contribution is -2.41. The van der Waals surface area contributed by atoms with Gasteiger partial charge in [0.1, 0.15) is 11.1 Å². The van der Waals surface area contributed by atoms with Crippen LogP contribution in [0.2, 0.25) is 0 Å². The van der Waals surface area contributed by atoms with Crippen LogP contribution in [0.1, 0.15) is 23.0 Å². The Kier molecular flexibility index (Phi) is 4.92. The van der Waals surface area contributed by atoms with Crippen LogP contribution in [-0.2, 0) is 4.79 Å². The zero-order valence-corrected chi connectivity index (χ0v) is 17.2. The van der Waals surface area contributed by atoms with Gasteiger partial charge in [0.05, 0.1) is 6.04 Å². The van der Waals surface area contributed by atoms with Crippen LogP contribution in [0.15, 0.2) is 58.2 Å². The first kappa shape index (κ1) is 18.1. The van der Waals surface area contributed by atoms with Crippen molar-refractivity contribution in [3.63, 3.8) is 0 Å². The fraction of sp³-hybridized carbons (Fsp3) is 0.211. The fourth-order valence-electron chi connectivity index (χ4n) is 2.93. The Bertz CT molecular complexity index is 971. The number of fused-ring (bicyclic) bond motifs is 1. The number of carbonyl (C=O) groups excluding carboxylic acids is 1. The van der Waals surface area contributed by atoms with Crippen LogP contribution in [0.3, 0.4) is 0 Å². The average molecular weight is 444 g/mol. The number of aryl methyl sites for hydroxylation is 2. The van der Waals surface area contributed by atoms with E-state index >= 15 is 0 Å². The maximum Gasteiger partial charge on any atom is 0.240 e. The summed E-state index contributed by atoms with van der Waals surface area (Å²) in [6.45, 7) is 3.94. The van der Waals surface area contributed by atoms with Crippen molar-refractivity contribution >= 4 is 39.3 Å². The quantitative estimate of drug-likeness (QED) is 0.638. The van der Waals surface area contributed by atoms with E-state index in [4.69, 9.17) is 0 Å². The van der Waals surface area contributed by atoms with E-state index in [-0.39, 0.29) is 17.2 Å². The van der Waals surface area contributed by atoms with Crippen molar-refractivity contribution in [1.29, 1.82) is 0 Å². The lowest BCUT2D eigenvalue weighted by molar-refractivity contribution is -0.116. The summed E-state index contributed by atoms with van der Waals surface area (Å²) < 4.78 is 2.81. The first-order valence-electron chi connectivity index (χ1n) is 8.49. The number of carbonyl (C=O) groups is 1. The van der Waals surface area contributed by atoms with Gasteiger partial charge in [0.2, 0.25) is 11.1 Å². The van der Waals surface area contributed by atoms with Gasteiger partial charge in [-0.1, -0.05) is 57.5 Å². The third-order valence-corrected chi connectivity index (χ3v) is 6.15. The number of benzene rings is 2. The SMILES string of the molecule is Cc1ccc([C@H]2Nn3c(C)nnc3S[C@H]2C(=O)Nc2ccc(Br)cc2)cc1. The van der Waals surface area contributed by atoms with E-state index in [1.807, 2.05) is 42.8 Å². The topological polar surface area (TPSA) is 71.8 Å². The van der Waals surface area contributed by atoms with Gasteiger partial charge < -0.3 is 10.7 Å². The number of aromatic nitrogens is 3. The first-order valence-corrected chi connectivity index (χ1v) is 10.2. The Morgan fingerprint density at radius 2 is 1.81 bits per heavy atom. The standard InChI is InChI=1S/C19H18BrN5OS/c1-11-3-5-13(6-4-11)16-17(27-19-23-22-12(2)25(19)24-16)18(26)21-15-9-7-14(20)8-10-15/h3-10,16-17,24H,1-2H3,(H,21,26)/t16-,17-/m1/s1. The molecule has 8 heteroatoms. The first-order chi connectivity index (χ1) is 13.0. The highest BCUT2D eigenvalue weighted by Crippen LogP contribution is 2.37. The van der Waals surface area contributed by atoms with Gasteiger partial charge in [-0.3, -0.25) is 4.79 Å². The molecule has 4 rings (SSSR count). The predicted molar refractivity (Wildman–Crippen MR) is 110 cm³/mol. The zero-order valence-electron chi connectivity index (χ0n) is 14.8. The van der Waals surface area contributed by atoms with Gasteiger partial charge in [-0.25, -0.2) is 4.68 Å². The molecule has 2 heterocycles. The number of halogens is 1. The van der Waals surface area contributed by atoms with Crippen molar-refractivity contribution in [2.75, 3.05) is 10.7 Å². The summed E-state index contributed by atoms with van der Waals surface area (Å²) in [5, 5.41) is 11.6. The Balaban J connectivity index is 1.65. The van der Waals surface area contributed by atoms with Crippen LogP contribution in [-0.4, -0.2) is 26.0 Å². The minimum absolute atomic E-state index is 0.0766. The Hall–Kier alpha value is -2.32. The highest BCUT2D eigenvalue weighted by molar-refractivity contribution is 9.10. The molecule has 0 spiro atoms. The molecule has 2 atom stereocenters. The molecule has 1 aliphatic heterocycles. The second-order valence-electron chi connectivity index (χ2n) is 6.42. The van der Waals surface area contributed by atoms with Gasteiger partial charge >= 0.3 is 0 Å². The van der Waals surface area contributed by atoms with Crippen molar-refractivity contribution < 1.29 is 4.79 Å². The average Bonchev–Trinajstić information content (AvgIpc) is 3.03. The molecule has 3 aromatic rings. The molecule has 1 aliphatic rings. The molecule has 0 bridgehead atoms. The van der Waals surface area contributed by atoms with E-state index in [1.165, 1.54) is 17.3 Å². The summed E-state index contributed by atoms with van der Waals surface area (Å²) in [4.78, 5) is 13.1. The normalized spacial score (nSPS) is 18.5. The van der Waals surface area contributed by atoms with Crippen LogP contribution in [0.5, 0.6) is 0 Å². The second kappa shape index (κ2) is 7.36. The maximum atomic E-state index is 13.1. The second-order valence-corrected chi connectivity index (χ2v) is 8.44. The van der Waals surface area contributed by atoms with Crippen molar-refractivity contribution in [1.82, 2.24) is 14.9 Å². The molecular weight excluding hydrogens is 426 g/mol. The van der Waals surface area contributed by atoms with Gasteiger partial charge in [-0.05, 0) is 43.7 Å². The van der Waals surface area contributed by atoms with Gasteiger partial charge in [-0.15, -0.1) is 10.2 Å². The lowest BCUT2D eigenvalue weighted by atomic mass is 10.0. The van der Waals surface area contributed by atoms with Crippen molar-refractivity contribution in [3.05, 3.63) is 70.0 Å².